The first-order chi connectivity index (χ1) is 12.1. The van der Waals surface area contributed by atoms with Crippen LogP contribution in [0.2, 0.25) is 0 Å². The van der Waals surface area contributed by atoms with E-state index in [-0.39, 0.29) is 17.5 Å². The lowest BCUT2D eigenvalue weighted by Gasteiger charge is -2.02. The van der Waals surface area contributed by atoms with Gasteiger partial charge in [0.25, 0.3) is 5.91 Å². The number of hydrogen-bond donors (Lipinski definition) is 2. The zero-order valence-electron chi connectivity index (χ0n) is 12.9. The minimum absolute atomic E-state index is 0.122. The second-order valence-corrected chi connectivity index (χ2v) is 7.09. The number of nitrogens with zero attached hydrogens (tertiary/aromatic N) is 2. The molecule has 1 aromatic carbocycles. The topological polar surface area (TPSA) is 84.0 Å². The van der Waals surface area contributed by atoms with Crippen LogP contribution in [-0.2, 0) is 17.8 Å². The van der Waals surface area contributed by atoms with Gasteiger partial charge in [-0.2, -0.15) is 0 Å². The summed E-state index contributed by atoms with van der Waals surface area (Å²) < 4.78 is 13.1. The van der Waals surface area contributed by atoms with Gasteiger partial charge in [-0.1, -0.05) is 23.5 Å². The highest BCUT2D eigenvalue weighted by Gasteiger charge is 2.14. The molecule has 0 fully saturated rings. The summed E-state index contributed by atoms with van der Waals surface area (Å²) in [5.74, 6) is -1.04. The Hall–Kier alpha value is -2.65. The van der Waals surface area contributed by atoms with Gasteiger partial charge in [0.2, 0.25) is 10.9 Å². The fraction of sp³-hybridized carbons (Fsp3) is 0.125. The Kier molecular flexibility index (Phi) is 5.46. The SMILES string of the molecule is O=C(Cc1cccs1)NCc1nnc(C(=O)Nc2cccc(F)c2)s1. The van der Waals surface area contributed by atoms with E-state index in [4.69, 9.17) is 0 Å². The van der Waals surface area contributed by atoms with E-state index in [0.29, 0.717) is 17.1 Å². The summed E-state index contributed by atoms with van der Waals surface area (Å²) in [5, 5.41) is 15.6. The van der Waals surface area contributed by atoms with Crippen molar-refractivity contribution in [3.05, 3.63) is 62.5 Å². The molecule has 0 bridgehead atoms. The molecule has 2 N–H and O–H groups in total. The standard InChI is InChI=1S/C16H13FN4O2S2/c17-10-3-1-4-11(7-10)19-15(23)16-21-20-14(25-16)9-18-13(22)8-12-5-2-6-24-12/h1-7H,8-9H2,(H,18,22)(H,19,23). The first-order valence-corrected chi connectivity index (χ1v) is 8.98. The predicted molar refractivity (Wildman–Crippen MR) is 94.1 cm³/mol. The maximum atomic E-state index is 13.1. The van der Waals surface area contributed by atoms with Crippen LogP contribution >= 0.6 is 22.7 Å². The predicted octanol–water partition coefficient (Wildman–Crippen LogP) is 2.85. The van der Waals surface area contributed by atoms with Crippen molar-refractivity contribution in [2.75, 3.05) is 5.32 Å². The molecule has 3 rings (SSSR count). The molecule has 0 atom stereocenters. The zero-order chi connectivity index (χ0) is 17.6. The fourth-order valence-corrected chi connectivity index (χ4v) is 3.35. The summed E-state index contributed by atoms with van der Waals surface area (Å²) in [7, 11) is 0. The number of rotatable bonds is 6. The van der Waals surface area contributed by atoms with E-state index in [2.05, 4.69) is 20.8 Å². The van der Waals surface area contributed by atoms with Gasteiger partial charge in [-0.25, -0.2) is 4.39 Å². The smallest absolute Gasteiger partial charge is 0.286 e. The molecule has 0 aliphatic rings. The molecule has 3 aromatic rings. The van der Waals surface area contributed by atoms with Gasteiger partial charge in [-0.15, -0.1) is 21.5 Å². The highest BCUT2D eigenvalue weighted by molar-refractivity contribution is 7.13. The lowest BCUT2D eigenvalue weighted by atomic mass is 10.3. The number of thiophene rings is 1. The number of aromatic nitrogens is 2. The quantitative estimate of drug-likeness (QED) is 0.693. The normalized spacial score (nSPS) is 10.4. The summed E-state index contributed by atoms with van der Waals surface area (Å²) in [6.07, 6.45) is 0.309. The minimum Gasteiger partial charge on any atom is -0.349 e. The maximum absolute atomic E-state index is 13.1. The third-order valence-electron chi connectivity index (χ3n) is 3.10. The van der Waals surface area contributed by atoms with Crippen LogP contribution in [0.15, 0.2) is 41.8 Å². The number of carbonyl (C=O) groups is 2. The van der Waals surface area contributed by atoms with Gasteiger partial charge in [-0.05, 0) is 29.6 Å². The lowest BCUT2D eigenvalue weighted by molar-refractivity contribution is -0.120. The molecular weight excluding hydrogens is 363 g/mol. The monoisotopic (exact) mass is 376 g/mol. The van der Waals surface area contributed by atoms with Crippen LogP contribution in [0.4, 0.5) is 10.1 Å². The van der Waals surface area contributed by atoms with E-state index >= 15 is 0 Å². The Morgan fingerprint density at radius 1 is 1.16 bits per heavy atom. The average molecular weight is 376 g/mol. The third-order valence-corrected chi connectivity index (χ3v) is 4.89. The highest BCUT2D eigenvalue weighted by atomic mass is 32.1. The number of benzene rings is 1. The minimum atomic E-state index is -0.473. The summed E-state index contributed by atoms with van der Waals surface area (Å²) in [5.41, 5.74) is 0.339. The van der Waals surface area contributed by atoms with E-state index in [1.165, 1.54) is 29.5 Å². The van der Waals surface area contributed by atoms with E-state index in [9.17, 15) is 14.0 Å². The molecule has 0 aliphatic carbocycles. The van der Waals surface area contributed by atoms with E-state index in [1.54, 1.807) is 6.07 Å². The Morgan fingerprint density at radius 3 is 2.80 bits per heavy atom. The Bertz CT molecular complexity index is 880. The van der Waals surface area contributed by atoms with Crippen molar-refractivity contribution in [2.24, 2.45) is 0 Å². The van der Waals surface area contributed by atoms with Crippen molar-refractivity contribution in [1.82, 2.24) is 15.5 Å². The van der Waals surface area contributed by atoms with Crippen LogP contribution in [0.3, 0.4) is 0 Å². The number of carbonyl (C=O) groups excluding carboxylic acids is 2. The van der Waals surface area contributed by atoms with Crippen LogP contribution in [-0.4, -0.2) is 22.0 Å². The molecule has 25 heavy (non-hydrogen) atoms. The van der Waals surface area contributed by atoms with E-state index < -0.39 is 11.7 Å². The molecule has 0 spiro atoms. The van der Waals surface area contributed by atoms with Crippen molar-refractivity contribution >= 4 is 40.2 Å². The molecule has 2 amide bonds. The van der Waals surface area contributed by atoms with Crippen molar-refractivity contribution in [2.45, 2.75) is 13.0 Å². The van der Waals surface area contributed by atoms with Crippen LogP contribution in [0.1, 0.15) is 19.7 Å². The summed E-state index contributed by atoms with van der Waals surface area (Å²) in [6.45, 7) is 0.203. The average Bonchev–Trinajstić information content (AvgIpc) is 3.24. The Balaban J connectivity index is 1.53. The van der Waals surface area contributed by atoms with Gasteiger partial charge in [0, 0.05) is 10.6 Å². The van der Waals surface area contributed by atoms with Crippen LogP contribution in [0.5, 0.6) is 0 Å². The van der Waals surface area contributed by atoms with Gasteiger partial charge >= 0.3 is 0 Å². The van der Waals surface area contributed by atoms with Gasteiger partial charge in [0.1, 0.15) is 10.8 Å². The lowest BCUT2D eigenvalue weighted by Crippen LogP contribution is -2.24. The van der Waals surface area contributed by atoms with Gasteiger partial charge in [0.15, 0.2) is 0 Å². The van der Waals surface area contributed by atoms with E-state index in [1.807, 2.05) is 17.5 Å². The maximum Gasteiger partial charge on any atom is 0.286 e. The molecule has 128 valence electrons. The van der Waals surface area contributed by atoms with E-state index in [0.717, 1.165) is 16.2 Å². The number of halogens is 1. The highest BCUT2D eigenvalue weighted by Crippen LogP contribution is 2.14. The Labute approximate surface area is 150 Å². The second kappa shape index (κ2) is 7.95. The molecule has 0 saturated carbocycles. The van der Waals surface area contributed by atoms with Crippen LogP contribution < -0.4 is 10.6 Å². The van der Waals surface area contributed by atoms with Crippen molar-refractivity contribution in [3.63, 3.8) is 0 Å². The molecule has 0 aliphatic heterocycles. The van der Waals surface area contributed by atoms with Crippen LogP contribution in [0.25, 0.3) is 0 Å². The van der Waals surface area contributed by atoms with Gasteiger partial charge in [0.05, 0.1) is 13.0 Å². The first-order valence-electron chi connectivity index (χ1n) is 7.28. The second-order valence-electron chi connectivity index (χ2n) is 5.00. The number of amides is 2. The zero-order valence-corrected chi connectivity index (χ0v) is 14.5. The summed E-state index contributed by atoms with van der Waals surface area (Å²) in [4.78, 5) is 24.9. The molecule has 9 heteroatoms. The Morgan fingerprint density at radius 2 is 2.04 bits per heavy atom. The van der Waals surface area contributed by atoms with Crippen molar-refractivity contribution < 1.29 is 14.0 Å². The third kappa shape index (κ3) is 4.91. The molecule has 0 saturated heterocycles. The molecule has 2 heterocycles. The number of anilines is 1. The van der Waals surface area contributed by atoms with Crippen molar-refractivity contribution in [1.29, 1.82) is 0 Å². The molecule has 0 unspecified atom stereocenters. The summed E-state index contributed by atoms with van der Waals surface area (Å²) in [6, 6.07) is 9.36. The molecule has 6 nitrogen and oxygen atoms in total. The molecule has 0 radical (unpaired) electrons. The largest absolute Gasteiger partial charge is 0.349 e. The van der Waals surface area contributed by atoms with Crippen LogP contribution in [0, 0.1) is 5.82 Å². The number of nitrogens with one attached hydrogen (secondary N) is 2. The van der Waals surface area contributed by atoms with Crippen molar-refractivity contribution in [3.8, 4) is 0 Å². The molecule has 2 aromatic heterocycles. The first kappa shape index (κ1) is 17.2. The van der Waals surface area contributed by atoms with Gasteiger partial charge in [-0.3, -0.25) is 9.59 Å². The molecular formula is C16H13FN4O2S2. The number of hydrogen-bond acceptors (Lipinski definition) is 6. The summed E-state index contributed by atoms with van der Waals surface area (Å²) >= 11 is 2.59. The van der Waals surface area contributed by atoms with Gasteiger partial charge < -0.3 is 10.6 Å². The fourth-order valence-electron chi connectivity index (χ4n) is 1.98.